The number of anilines is 2. The predicted octanol–water partition coefficient (Wildman–Crippen LogP) is 2.35. The summed E-state index contributed by atoms with van der Waals surface area (Å²) >= 11 is 0. The van der Waals surface area contributed by atoms with E-state index >= 15 is 0 Å². The summed E-state index contributed by atoms with van der Waals surface area (Å²) in [5.74, 6) is -0.341. The average Bonchev–Trinajstić information content (AvgIpc) is 2.50. The zero-order valence-electron chi connectivity index (χ0n) is 14.1. The number of aromatic nitrogens is 2. The Morgan fingerprint density at radius 2 is 2.04 bits per heavy atom. The molecule has 6 nitrogen and oxygen atoms in total. The van der Waals surface area contributed by atoms with Crippen LogP contribution in [0, 0.1) is 12.7 Å². The van der Waals surface area contributed by atoms with Gasteiger partial charge in [-0.25, -0.2) is 14.4 Å². The number of benzene rings is 1. The maximum atomic E-state index is 13.2. The normalized spacial score (nSPS) is 10.7. The first kappa shape index (κ1) is 17.8. The van der Waals surface area contributed by atoms with Crippen LogP contribution < -0.4 is 10.6 Å². The summed E-state index contributed by atoms with van der Waals surface area (Å²) < 4.78 is 13.2. The molecule has 0 atom stereocenters. The quantitative estimate of drug-likeness (QED) is 0.762. The van der Waals surface area contributed by atoms with Crippen molar-refractivity contribution in [2.45, 2.75) is 13.3 Å². The molecule has 24 heavy (non-hydrogen) atoms. The topological polar surface area (TPSA) is 70.2 Å². The van der Waals surface area contributed by atoms with Crippen LogP contribution in [-0.2, 0) is 0 Å². The number of amides is 1. The number of carbonyl (C=O) groups is 1. The molecule has 1 aromatic heterocycles. The SMILES string of the molecule is Cc1cc(C(=O)NCCCN(C)C)nc(Nc2cccc(F)c2)n1. The number of hydrogen-bond donors (Lipinski definition) is 2. The molecular formula is C17H22FN5O. The van der Waals surface area contributed by atoms with Crippen molar-refractivity contribution in [2.75, 3.05) is 32.5 Å². The number of carbonyl (C=O) groups excluding carboxylic acids is 1. The van der Waals surface area contributed by atoms with Crippen molar-refractivity contribution in [3.63, 3.8) is 0 Å². The van der Waals surface area contributed by atoms with Crippen molar-refractivity contribution in [1.29, 1.82) is 0 Å². The van der Waals surface area contributed by atoms with Crippen LogP contribution in [0.5, 0.6) is 0 Å². The third-order valence-corrected chi connectivity index (χ3v) is 3.24. The van der Waals surface area contributed by atoms with E-state index in [2.05, 4.69) is 25.5 Å². The van der Waals surface area contributed by atoms with Gasteiger partial charge in [0.2, 0.25) is 5.95 Å². The van der Waals surface area contributed by atoms with Crippen LogP contribution in [0.15, 0.2) is 30.3 Å². The Bertz CT molecular complexity index is 705. The third-order valence-electron chi connectivity index (χ3n) is 3.24. The molecule has 1 heterocycles. The van der Waals surface area contributed by atoms with Gasteiger partial charge in [-0.2, -0.15) is 0 Å². The van der Waals surface area contributed by atoms with E-state index in [0.717, 1.165) is 13.0 Å². The summed E-state index contributed by atoms with van der Waals surface area (Å²) in [6.45, 7) is 3.25. The molecule has 2 N–H and O–H groups in total. The Morgan fingerprint density at radius 1 is 1.25 bits per heavy atom. The van der Waals surface area contributed by atoms with Crippen LogP contribution in [0.2, 0.25) is 0 Å². The smallest absolute Gasteiger partial charge is 0.270 e. The van der Waals surface area contributed by atoms with Gasteiger partial charge in [0.05, 0.1) is 0 Å². The van der Waals surface area contributed by atoms with E-state index in [-0.39, 0.29) is 23.4 Å². The van der Waals surface area contributed by atoms with Gasteiger partial charge in [0.25, 0.3) is 5.91 Å². The molecule has 0 saturated carbocycles. The van der Waals surface area contributed by atoms with Crippen molar-refractivity contribution < 1.29 is 9.18 Å². The van der Waals surface area contributed by atoms with Crippen molar-refractivity contribution in [3.05, 3.63) is 47.5 Å². The Labute approximate surface area is 141 Å². The van der Waals surface area contributed by atoms with Crippen molar-refractivity contribution >= 4 is 17.5 Å². The molecule has 7 heteroatoms. The van der Waals surface area contributed by atoms with E-state index < -0.39 is 0 Å². The first-order valence-corrected chi connectivity index (χ1v) is 7.75. The summed E-state index contributed by atoms with van der Waals surface area (Å²) in [5, 5.41) is 5.75. The standard InChI is InChI=1S/C17H22FN5O/c1-12-10-15(16(24)19-8-5-9-23(2)3)22-17(20-12)21-14-7-4-6-13(18)11-14/h4,6-7,10-11H,5,8-9H2,1-3H3,(H,19,24)(H,20,21,22). The van der Waals surface area contributed by atoms with E-state index in [4.69, 9.17) is 0 Å². The van der Waals surface area contributed by atoms with Crippen LogP contribution in [0.3, 0.4) is 0 Å². The van der Waals surface area contributed by atoms with Crippen LogP contribution >= 0.6 is 0 Å². The molecule has 0 fully saturated rings. The fourth-order valence-electron chi connectivity index (χ4n) is 2.12. The van der Waals surface area contributed by atoms with E-state index in [9.17, 15) is 9.18 Å². The largest absolute Gasteiger partial charge is 0.351 e. The molecule has 0 saturated heterocycles. The summed E-state index contributed by atoms with van der Waals surface area (Å²) in [4.78, 5) is 22.7. The Kier molecular flexibility index (Phi) is 6.20. The highest BCUT2D eigenvalue weighted by Gasteiger charge is 2.10. The molecule has 2 rings (SSSR count). The molecule has 1 amide bonds. The van der Waals surface area contributed by atoms with Crippen LogP contribution in [0.25, 0.3) is 0 Å². The molecule has 2 aromatic rings. The zero-order valence-corrected chi connectivity index (χ0v) is 14.1. The molecule has 0 spiro atoms. The molecule has 128 valence electrons. The Hall–Kier alpha value is -2.54. The van der Waals surface area contributed by atoms with Crippen molar-refractivity contribution in [1.82, 2.24) is 20.2 Å². The maximum absolute atomic E-state index is 13.2. The number of nitrogens with zero attached hydrogens (tertiary/aromatic N) is 3. The van der Waals surface area contributed by atoms with E-state index in [0.29, 0.717) is 17.9 Å². The second-order valence-corrected chi connectivity index (χ2v) is 5.77. The number of aryl methyl sites for hydroxylation is 1. The lowest BCUT2D eigenvalue weighted by atomic mass is 10.3. The number of halogens is 1. The summed E-state index contributed by atoms with van der Waals surface area (Å²) in [6.07, 6.45) is 0.858. The fourth-order valence-corrected chi connectivity index (χ4v) is 2.12. The molecule has 0 radical (unpaired) electrons. The minimum atomic E-state index is -0.355. The van der Waals surface area contributed by atoms with Crippen LogP contribution in [0.1, 0.15) is 22.6 Å². The Morgan fingerprint density at radius 3 is 2.75 bits per heavy atom. The third kappa shape index (κ3) is 5.58. The van der Waals surface area contributed by atoms with E-state index in [1.165, 1.54) is 12.1 Å². The van der Waals surface area contributed by atoms with Gasteiger partial charge in [-0.1, -0.05) is 6.07 Å². The minimum Gasteiger partial charge on any atom is -0.351 e. The number of nitrogens with one attached hydrogen (secondary N) is 2. The molecule has 0 bridgehead atoms. The molecule has 1 aromatic carbocycles. The number of rotatable bonds is 7. The second-order valence-electron chi connectivity index (χ2n) is 5.77. The van der Waals surface area contributed by atoms with Crippen molar-refractivity contribution in [2.24, 2.45) is 0 Å². The van der Waals surface area contributed by atoms with Gasteiger partial charge in [-0.05, 0) is 58.3 Å². The van der Waals surface area contributed by atoms with Crippen LogP contribution in [-0.4, -0.2) is 48.0 Å². The van der Waals surface area contributed by atoms with E-state index in [1.807, 2.05) is 14.1 Å². The molecule has 0 aliphatic rings. The zero-order chi connectivity index (χ0) is 17.5. The fraction of sp³-hybridized carbons (Fsp3) is 0.353. The monoisotopic (exact) mass is 331 g/mol. The van der Waals surface area contributed by atoms with Crippen LogP contribution in [0.4, 0.5) is 16.0 Å². The van der Waals surface area contributed by atoms with Gasteiger partial charge >= 0.3 is 0 Å². The molecule has 0 aliphatic heterocycles. The highest BCUT2D eigenvalue weighted by Crippen LogP contribution is 2.15. The lowest BCUT2D eigenvalue weighted by molar-refractivity contribution is 0.0947. The predicted molar refractivity (Wildman–Crippen MR) is 92.0 cm³/mol. The first-order chi connectivity index (χ1) is 11.4. The summed E-state index contributed by atoms with van der Waals surface area (Å²) in [7, 11) is 3.97. The highest BCUT2D eigenvalue weighted by atomic mass is 19.1. The molecule has 0 aliphatic carbocycles. The minimum absolute atomic E-state index is 0.249. The summed E-state index contributed by atoms with van der Waals surface area (Å²) in [6, 6.07) is 7.61. The summed E-state index contributed by atoms with van der Waals surface area (Å²) in [5.41, 5.74) is 1.46. The van der Waals surface area contributed by atoms with E-state index in [1.54, 1.807) is 25.1 Å². The Balaban J connectivity index is 2.03. The average molecular weight is 331 g/mol. The van der Waals surface area contributed by atoms with Gasteiger partial charge in [-0.15, -0.1) is 0 Å². The number of hydrogen-bond acceptors (Lipinski definition) is 5. The lowest BCUT2D eigenvalue weighted by Crippen LogP contribution is -2.28. The van der Waals surface area contributed by atoms with Gasteiger partial charge in [0.1, 0.15) is 11.5 Å². The first-order valence-electron chi connectivity index (χ1n) is 7.75. The van der Waals surface area contributed by atoms with Gasteiger partial charge < -0.3 is 15.5 Å². The van der Waals surface area contributed by atoms with Gasteiger partial charge in [0, 0.05) is 17.9 Å². The van der Waals surface area contributed by atoms with Gasteiger partial charge in [0.15, 0.2) is 0 Å². The van der Waals surface area contributed by atoms with Crippen molar-refractivity contribution in [3.8, 4) is 0 Å². The molecular weight excluding hydrogens is 309 g/mol. The van der Waals surface area contributed by atoms with Gasteiger partial charge in [-0.3, -0.25) is 4.79 Å². The lowest BCUT2D eigenvalue weighted by Gasteiger charge is -2.11. The second kappa shape index (κ2) is 8.35. The molecule has 0 unspecified atom stereocenters. The maximum Gasteiger partial charge on any atom is 0.270 e. The highest BCUT2D eigenvalue weighted by molar-refractivity contribution is 5.92.